The molecule has 0 amide bonds. The van der Waals surface area contributed by atoms with E-state index in [0.29, 0.717) is 0 Å². The Labute approximate surface area is 128 Å². The third-order valence-corrected chi connectivity index (χ3v) is 2.58. The topological polar surface area (TPSA) is 132 Å². The number of carbonyl (C=O) groups excluding carboxylic acids is 1. The van der Waals surface area contributed by atoms with Crippen LogP contribution in [0.5, 0.6) is 0 Å². The third-order valence-electron chi connectivity index (χ3n) is 1.95. The monoisotopic (exact) mass is 333 g/mol. The van der Waals surface area contributed by atoms with Gasteiger partial charge in [0, 0.05) is 6.92 Å². The fraction of sp³-hybridized carbons (Fsp3) is 0.100. The highest BCUT2D eigenvalue weighted by molar-refractivity contribution is 6.37. The van der Waals surface area contributed by atoms with Crippen LogP contribution in [-0.4, -0.2) is 23.1 Å². The molecular weight excluding hydrogens is 325 g/mol. The van der Waals surface area contributed by atoms with Gasteiger partial charge >= 0.3 is 5.97 Å². The van der Waals surface area contributed by atoms with Gasteiger partial charge < -0.3 is 10.6 Å². The number of nitrogens with one attached hydrogen (secondary N) is 1. The minimum absolute atomic E-state index is 0.0294. The lowest BCUT2D eigenvalue weighted by Crippen LogP contribution is -2.32. The van der Waals surface area contributed by atoms with Gasteiger partial charge in [-0.05, 0) is 12.1 Å². The number of nitro benzene ring substituents is 1. The van der Waals surface area contributed by atoms with Crippen LogP contribution in [0.1, 0.15) is 12.5 Å². The lowest BCUT2D eigenvalue weighted by molar-refractivity contribution is -0.384. The van der Waals surface area contributed by atoms with Crippen molar-refractivity contribution in [3.05, 3.63) is 37.9 Å². The first-order valence-electron chi connectivity index (χ1n) is 5.25. The second kappa shape index (κ2) is 7.41. The van der Waals surface area contributed by atoms with Crippen molar-refractivity contribution in [3.63, 3.8) is 0 Å². The van der Waals surface area contributed by atoms with Crippen molar-refractivity contribution in [1.82, 2.24) is 5.48 Å². The summed E-state index contributed by atoms with van der Waals surface area (Å²) >= 11 is 11.6. The molecule has 1 aromatic carbocycles. The number of hydrogen-bond acceptors (Lipinski definition) is 6. The number of guanidine groups is 1. The van der Waals surface area contributed by atoms with Crippen molar-refractivity contribution < 1.29 is 14.6 Å². The van der Waals surface area contributed by atoms with E-state index in [1.807, 2.05) is 5.48 Å². The molecule has 0 heterocycles. The molecular formula is C10H9Cl2N5O4. The standard InChI is InChI=1S/C10H9Cl2N5O4/c1-5(18)21-16-10(13)15-14-4-6-7(11)2-3-8(12)9(6)17(19)20/h2-4H,1H3,(H3,13,15,16). The van der Waals surface area contributed by atoms with E-state index in [0.717, 1.165) is 13.1 Å². The normalized spacial score (nSPS) is 11.5. The van der Waals surface area contributed by atoms with Crippen molar-refractivity contribution in [2.24, 2.45) is 15.9 Å². The number of hydroxylamine groups is 1. The largest absolute Gasteiger partial charge is 0.366 e. The fourth-order valence-electron chi connectivity index (χ4n) is 1.16. The Morgan fingerprint density at radius 1 is 1.48 bits per heavy atom. The van der Waals surface area contributed by atoms with Crippen LogP contribution in [0.15, 0.2) is 22.3 Å². The van der Waals surface area contributed by atoms with E-state index in [9.17, 15) is 14.9 Å². The average molecular weight is 334 g/mol. The number of rotatable bonds is 3. The SMILES string of the molecule is CC(=O)ONC(N)=NN=Cc1c(Cl)ccc(Cl)c1[N+](=O)[O-]. The van der Waals surface area contributed by atoms with Crippen LogP contribution in [0.2, 0.25) is 10.0 Å². The molecule has 0 atom stereocenters. The molecule has 112 valence electrons. The van der Waals surface area contributed by atoms with Crippen molar-refractivity contribution in [2.75, 3.05) is 0 Å². The molecule has 0 unspecified atom stereocenters. The zero-order valence-electron chi connectivity index (χ0n) is 10.5. The van der Waals surface area contributed by atoms with Gasteiger partial charge in [0.05, 0.1) is 21.7 Å². The van der Waals surface area contributed by atoms with Crippen LogP contribution in [-0.2, 0) is 9.63 Å². The van der Waals surface area contributed by atoms with E-state index in [1.165, 1.54) is 12.1 Å². The molecule has 0 aromatic heterocycles. The summed E-state index contributed by atoms with van der Waals surface area (Å²) in [5, 5.41) is 17.8. The van der Waals surface area contributed by atoms with Crippen molar-refractivity contribution in [2.45, 2.75) is 6.92 Å². The maximum Gasteiger partial charge on any atom is 0.329 e. The third kappa shape index (κ3) is 4.89. The van der Waals surface area contributed by atoms with Gasteiger partial charge in [-0.15, -0.1) is 5.10 Å². The fourth-order valence-corrected chi connectivity index (χ4v) is 1.59. The van der Waals surface area contributed by atoms with Gasteiger partial charge in [0.15, 0.2) is 0 Å². The van der Waals surface area contributed by atoms with E-state index in [4.69, 9.17) is 28.9 Å². The highest BCUT2D eigenvalue weighted by Gasteiger charge is 2.20. The number of nitro groups is 1. The van der Waals surface area contributed by atoms with Crippen LogP contribution < -0.4 is 11.2 Å². The van der Waals surface area contributed by atoms with Gasteiger partial charge in [-0.25, -0.2) is 0 Å². The number of nitrogens with two attached hydrogens (primary N) is 1. The summed E-state index contributed by atoms with van der Waals surface area (Å²) in [5.74, 6) is -0.965. The van der Waals surface area contributed by atoms with Crippen molar-refractivity contribution in [1.29, 1.82) is 0 Å². The van der Waals surface area contributed by atoms with E-state index in [1.54, 1.807) is 0 Å². The molecule has 0 saturated carbocycles. The molecule has 0 fully saturated rings. The van der Waals surface area contributed by atoms with Gasteiger partial charge in [0.1, 0.15) is 5.02 Å². The van der Waals surface area contributed by atoms with E-state index < -0.39 is 16.6 Å². The van der Waals surface area contributed by atoms with Crippen LogP contribution in [0.25, 0.3) is 0 Å². The molecule has 0 bridgehead atoms. The molecule has 3 N–H and O–H groups in total. The van der Waals surface area contributed by atoms with E-state index >= 15 is 0 Å². The molecule has 0 aliphatic carbocycles. The Morgan fingerprint density at radius 3 is 2.67 bits per heavy atom. The Balaban J connectivity index is 3.00. The zero-order chi connectivity index (χ0) is 16.0. The Kier molecular flexibility index (Phi) is 5.88. The average Bonchev–Trinajstić information content (AvgIpc) is 2.39. The molecule has 21 heavy (non-hydrogen) atoms. The molecule has 0 radical (unpaired) electrons. The number of benzene rings is 1. The van der Waals surface area contributed by atoms with Gasteiger partial charge in [-0.3, -0.25) is 14.9 Å². The van der Waals surface area contributed by atoms with Crippen molar-refractivity contribution in [3.8, 4) is 0 Å². The smallest absolute Gasteiger partial charge is 0.329 e. The van der Waals surface area contributed by atoms with Gasteiger partial charge in [0.2, 0.25) is 5.96 Å². The molecule has 1 rings (SSSR count). The molecule has 0 aliphatic heterocycles. The first kappa shape index (κ1) is 16.7. The highest BCUT2D eigenvalue weighted by atomic mass is 35.5. The second-order valence-corrected chi connectivity index (χ2v) is 4.29. The highest BCUT2D eigenvalue weighted by Crippen LogP contribution is 2.32. The maximum absolute atomic E-state index is 10.9. The first-order chi connectivity index (χ1) is 9.82. The number of hydrogen-bond donors (Lipinski definition) is 2. The quantitative estimate of drug-likeness (QED) is 0.373. The number of carbonyl (C=O) groups is 1. The second-order valence-electron chi connectivity index (χ2n) is 3.47. The van der Waals surface area contributed by atoms with Gasteiger partial charge in [-0.2, -0.15) is 10.6 Å². The zero-order valence-corrected chi connectivity index (χ0v) is 12.1. The van der Waals surface area contributed by atoms with Crippen molar-refractivity contribution >= 4 is 47.0 Å². The number of halogens is 2. The number of nitrogens with zero attached hydrogens (tertiary/aromatic N) is 3. The molecule has 1 aromatic rings. The Hall–Kier alpha value is -2.39. The first-order valence-corrected chi connectivity index (χ1v) is 6.00. The van der Waals surface area contributed by atoms with E-state index in [-0.39, 0.29) is 21.6 Å². The minimum atomic E-state index is -0.695. The van der Waals surface area contributed by atoms with Crippen LogP contribution in [0.4, 0.5) is 5.69 Å². The Bertz CT molecular complexity index is 632. The van der Waals surface area contributed by atoms with Gasteiger partial charge in [0.25, 0.3) is 5.69 Å². The predicted octanol–water partition coefficient (Wildman–Crippen LogP) is 1.62. The summed E-state index contributed by atoms with van der Waals surface area (Å²) in [6, 6.07) is 2.67. The lowest BCUT2D eigenvalue weighted by atomic mass is 10.2. The minimum Gasteiger partial charge on any atom is -0.366 e. The summed E-state index contributed by atoms with van der Waals surface area (Å²) in [6.07, 6.45) is 1.01. The molecule has 11 heteroatoms. The van der Waals surface area contributed by atoms with Crippen LogP contribution in [0, 0.1) is 10.1 Å². The summed E-state index contributed by atoms with van der Waals surface area (Å²) in [5.41, 5.74) is 6.87. The Morgan fingerprint density at radius 2 is 2.10 bits per heavy atom. The molecule has 0 aliphatic rings. The van der Waals surface area contributed by atoms with Crippen LogP contribution >= 0.6 is 23.2 Å². The summed E-state index contributed by atoms with van der Waals surface area (Å²) in [6.45, 7) is 1.15. The van der Waals surface area contributed by atoms with E-state index in [2.05, 4.69) is 15.0 Å². The summed E-state index contributed by atoms with van der Waals surface area (Å²) in [4.78, 5) is 25.1. The maximum atomic E-state index is 10.9. The molecule has 0 saturated heterocycles. The predicted molar refractivity (Wildman–Crippen MR) is 77.2 cm³/mol. The molecule has 0 spiro atoms. The lowest BCUT2D eigenvalue weighted by Gasteiger charge is -2.02. The molecule has 9 nitrogen and oxygen atoms in total. The summed E-state index contributed by atoms with van der Waals surface area (Å²) < 4.78 is 0. The van der Waals surface area contributed by atoms with Crippen LogP contribution in [0.3, 0.4) is 0 Å². The summed E-state index contributed by atoms with van der Waals surface area (Å²) in [7, 11) is 0. The van der Waals surface area contributed by atoms with Gasteiger partial charge in [-0.1, -0.05) is 23.2 Å².